The molecule has 1 atom stereocenters. The Balaban J connectivity index is 2.44. The van der Waals surface area contributed by atoms with E-state index in [1.165, 1.54) is 0 Å². The van der Waals surface area contributed by atoms with E-state index in [1.54, 1.807) is 31.3 Å². The first-order valence-corrected chi connectivity index (χ1v) is 5.83. The van der Waals surface area contributed by atoms with E-state index in [0.29, 0.717) is 6.54 Å². The van der Waals surface area contributed by atoms with E-state index in [-0.39, 0.29) is 24.7 Å². The average molecular weight is 250 g/mol. The number of carboxylic acids is 1. The van der Waals surface area contributed by atoms with E-state index in [0.717, 1.165) is 5.56 Å². The third-order valence-corrected chi connectivity index (χ3v) is 2.64. The van der Waals surface area contributed by atoms with Crippen LogP contribution in [0.5, 0.6) is 0 Å². The van der Waals surface area contributed by atoms with Crippen LogP contribution in [0.25, 0.3) is 0 Å². The Morgan fingerprint density at radius 1 is 1.33 bits per heavy atom. The Morgan fingerprint density at radius 3 is 2.50 bits per heavy atom. The second-order valence-electron chi connectivity index (χ2n) is 4.51. The minimum absolute atomic E-state index is 0.0227. The third kappa shape index (κ3) is 4.95. The number of aliphatic carboxylic acids is 1. The van der Waals surface area contributed by atoms with Crippen molar-refractivity contribution in [2.45, 2.75) is 26.3 Å². The molecule has 1 rings (SSSR count). The highest BCUT2D eigenvalue weighted by Crippen LogP contribution is 2.11. The molecule has 0 saturated heterocycles. The second-order valence-corrected chi connectivity index (χ2v) is 4.51. The molecular weight excluding hydrogens is 232 g/mol. The highest BCUT2D eigenvalue weighted by Gasteiger charge is 2.15. The zero-order chi connectivity index (χ0) is 13.5. The van der Waals surface area contributed by atoms with Gasteiger partial charge in [0.15, 0.2) is 0 Å². The predicted molar refractivity (Wildman–Crippen MR) is 66.7 cm³/mol. The number of nitrogens with zero attached hydrogens (tertiary/aromatic N) is 2. The highest BCUT2D eigenvalue weighted by molar-refractivity contribution is 5.77. The Labute approximate surface area is 106 Å². The minimum Gasteiger partial charge on any atom is -0.481 e. The molecule has 18 heavy (non-hydrogen) atoms. The van der Waals surface area contributed by atoms with Crippen LogP contribution in [0, 0.1) is 5.92 Å². The summed E-state index contributed by atoms with van der Waals surface area (Å²) in [5.74, 6) is -1.05. The normalized spacial score (nSPS) is 11.9. The smallest absolute Gasteiger partial charge is 0.303 e. The summed E-state index contributed by atoms with van der Waals surface area (Å²) in [5, 5.41) is 8.64. The van der Waals surface area contributed by atoms with E-state index in [4.69, 9.17) is 5.11 Å². The molecule has 0 radical (unpaired) electrons. The maximum Gasteiger partial charge on any atom is 0.303 e. The van der Waals surface area contributed by atoms with Gasteiger partial charge >= 0.3 is 5.97 Å². The van der Waals surface area contributed by atoms with Gasteiger partial charge in [-0.15, -0.1) is 0 Å². The Hall–Kier alpha value is -1.91. The second kappa shape index (κ2) is 6.74. The van der Waals surface area contributed by atoms with E-state index in [9.17, 15) is 9.59 Å². The maximum absolute atomic E-state index is 11.9. The number of hydrogen-bond acceptors (Lipinski definition) is 3. The van der Waals surface area contributed by atoms with Gasteiger partial charge in [0.1, 0.15) is 0 Å². The number of carbonyl (C=O) groups is 2. The third-order valence-electron chi connectivity index (χ3n) is 2.64. The molecule has 5 heteroatoms. The number of amides is 1. The standard InChI is InChI=1S/C13H18N2O3/c1-10(8-13(17)18)7-12(16)15(2)9-11-3-5-14-6-4-11/h3-6,10H,7-9H2,1-2H3,(H,17,18). The SMILES string of the molecule is CC(CC(=O)O)CC(=O)N(C)Cc1ccncc1. The fourth-order valence-electron chi connectivity index (χ4n) is 1.67. The quantitative estimate of drug-likeness (QED) is 0.831. The van der Waals surface area contributed by atoms with Crippen LogP contribution >= 0.6 is 0 Å². The van der Waals surface area contributed by atoms with Crippen LogP contribution in [0.1, 0.15) is 25.3 Å². The molecule has 1 aromatic heterocycles. The van der Waals surface area contributed by atoms with Crippen LogP contribution in [0.3, 0.4) is 0 Å². The van der Waals surface area contributed by atoms with Gasteiger partial charge in [-0.1, -0.05) is 6.92 Å². The minimum atomic E-state index is -0.868. The van der Waals surface area contributed by atoms with Crippen molar-refractivity contribution in [3.05, 3.63) is 30.1 Å². The Bertz CT molecular complexity index is 406. The number of carbonyl (C=O) groups excluding carboxylic acids is 1. The zero-order valence-electron chi connectivity index (χ0n) is 10.7. The summed E-state index contributed by atoms with van der Waals surface area (Å²) in [5.41, 5.74) is 1.01. The molecule has 0 aliphatic rings. The van der Waals surface area contributed by atoms with Gasteiger partial charge in [0.25, 0.3) is 0 Å². The van der Waals surface area contributed by atoms with Gasteiger partial charge in [0.05, 0.1) is 0 Å². The number of aromatic nitrogens is 1. The topological polar surface area (TPSA) is 70.5 Å². The van der Waals surface area contributed by atoms with Gasteiger partial charge in [-0.3, -0.25) is 14.6 Å². The van der Waals surface area contributed by atoms with Gasteiger partial charge in [0.2, 0.25) is 5.91 Å². The lowest BCUT2D eigenvalue weighted by Gasteiger charge is -2.19. The molecule has 0 spiro atoms. The zero-order valence-corrected chi connectivity index (χ0v) is 10.7. The summed E-state index contributed by atoms with van der Waals surface area (Å²) in [7, 11) is 1.72. The van der Waals surface area contributed by atoms with E-state index < -0.39 is 5.97 Å². The van der Waals surface area contributed by atoms with Gasteiger partial charge < -0.3 is 10.0 Å². The van der Waals surface area contributed by atoms with Crippen LogP contribution in [0.4, 0.5) is 0 Å². The van der Waals surface area contributed by atoms with Crippen molar-refractivity contribution in [3.63, 3.8) is 0 Å². The van der Waals surface area contributed by atoms with Crippen LogP contribution in [-0.2, 0) is 16.1 Å². The van der Waals surface area contributed by atoms with Crippen molar-refractivity contribution in [1.82, 2.24) is 9.88 Å². The first-order chi connectivity index (χ1) is 8.49. The number of rotatable bonds is 6. The van der Waals surface area contributed by atoms with Crippen molar-refractivity contribution < 1.29 is 14.7 Å². The summed E-state index contributed by atoms with van der Waals surface area (Å²) in [6, 6.07) is 3.70. The highest BCUT2D eigenvalue weighted by atomic mass is 16.4. The average Bonchev–Trinajstić information content (AvgIpc) is 2.28. The summed E-state index contributed by atoms with van der Waals surface area (Å²) in [6.45, 7) is 2.29. The van der Waals surface area contributed by atoms with Crippen molar-refractivity contribution in [1.29, 1.82) is 0 Å². The predicted octanol–water partition coefficient (Wildman–Crippen LogP) is 1.54. The summed E-state index contributed by atoms with van der Waals surface area (Å²) < 4.78 is 0. The van der Waals surface area contributed by atoms with Crippen molar-refractivity contribution in [3.8, 4) is 0 Å². The Kier molecular flexibility index (Phi) is 5.30. The van der Waals surface area contributed by atoms with Crippen molar-refractivity contribution >= 4 is 11.9 Å². The first-order valence-electron chi connectivity index (χ1n) is 5.83. The molecule has 1 amide bonds. The van der Waals surface area contributed by atoms with E-state index >= 15 is 0 Å². The number of pyridine rings is 1. The molecule has 0 aliphatic heterocycles. The van der Waals surface area contributed by atoms with Crippen LogP contribution < -0.4 is 0 Å². The largest absolute Gasteiger partial charge is 0.481 e. The van der Waals surface area contributed by atoms with E-state index in [2.05, 4.69) is 4.98 Å². The lowest BCUT2D eigenvalue weighted by Crippen LogP contribution is -2.28. The first kappa shape index (κ1) is 14.2. The van der Waals surface area contributed by atoms with Crippen molar-refractivity contribution in [2.24, 2.45) is 5.92 Å². The monoisotopic (exact) mass is 250 g/mol. The summed E-state index contributed by atoms with van der Waals surface area (Å²) >= 11 is 0. The number of carboxylic acid groups (broad SMARTS) is 1. The van der Waals surface area contributed by atoms with Gasteiger partial charge in [-0.05, 0) is 23.6 Å². The van der Waals surface area contributed by atoms with Crippen LogP contribution in [0.15, 0.2) is 24.5 Å². The Morgan fingerprint density at radius 2 is 1.94 bits per heavy atom. The molecule has 0 saturated carbocycles. The van der Waals surface area contributed by atoms with Gasteiger partial charge in [0, 0.05) is 38.8 Å². The summed E-state index contributed by atoms with van der Waals surface area (Å²) in [4.78, 5) is 27.9. The van der Waals surface area contributed by atoms with E-state index in [1.807, 2.05) is 12.1 Å². The van der Waals surface area contributed by atoms with Crippen LogP contribution in [0.2, 0.25) is 0 Å². The lowest BCUT2D eigenvalue weighted by atomic mass is 10.0. The lowest BCUT2D eigenvalue weighted by molar-refractivity contribution is -0.138. The molecule has 98 valence electrons. The molecule has 1 N–H and O–H groups in total. The molecule has 1 aromatic rings. The molecule has 1 heterocycles. The molecule has 0 aliphatic carbocycles. The molecule has 0 fully saturated rings. The molecule has 1 unspecified atom stereocenters. The molecule has 0 aromatic carbocycles. The summed E-state index contributed by atoms with van der Waals surface area (Å²) in [6.07, 6.45) is 3.64. The molecular formula is C13H18N2O3. The molecule has 0 bridgehead atoms. The number of hydrogen-bond donors (Lipinski definition) is 1. The maximum atomic E-state index is 11.9. The van der Waals surface area contributed by atoms with Gasteiger partial charge in [-0.2, -0.15) is 0 Å². The van der Waals surface area contributed by atoms with Crippen LogP contribution in [-0.4, -0.2) is 33.9 Å². The molecule has 5 nitrogen and oxygen atoms in total. The fraction of sp³-hybridized carbons (Fsp3) is 0.462. The van der Waals surface area contributed by atoms with Crippen molar-refractivity contribution in [2.75, 3.05) is 7.05 Å². The van der Waals surface area contributed by atoms with Gasteiger partial charge in [-0.25, -0.2) is 0 Å². The fourth-order valence-corrected chi connectivity index (χ4v) is 1.67.